The van der Waals surface area contributed by atoms with Gasteiger partial charge in [-0.3, -0.25) is 4.68 Å². The Bertz CT molecular complexity index is 269. The van der Waals surface area contributed by atoms with Crippen molar-refractivity contribution in [2.45, 2.75) is 25.8 Å². The van der Waals surface area contributed by atoms with Gasteiger partial charge in [0.25, 0.3) is 0 Å². The molecule has 1 aliphatic rings. The summed E-state index contributed by atoms with van der Waals surface area (Å²) in [6.07, 6.45) is 5.36. The molecule has 3 heteroatoms. The lowest BCUT2D eigenvalue weighted by Crippen LogP contribution is -1.92. The maximum atomic E-state index is 5.76. The zero-order valence-electron chi connectivity index (χ0n) is 7.20. The number of alkyl halides is 1. The molecule has 1 heterocycles. The Balaban J connectivity index is 2.05. The van der Waals surface area contributed by atoms with Gasteiger partial charge >= 0.3 is 0 Å². The Kier molecular flexibility index (Phi) is 2.09. The first-order valence-electron chi connectivity index (χ1n) is 4.43. The van der Waals surface area contributed by atoms with Crippen LogP contribution >= 0.6 is 11.6 Å². The van der Waals surface area contributed by atoms with E-state index in [4.69, 9.17) is 11.6 Å². The third kappa shape index (κ3) is 1.36. The Morgan fingerprint density at radius 2 is 2.58 bits per heavy atom. The van der Waals surface area contributed by atoms with E-state index in [9.17, 15) is 0 Å². The van der Waals surface area contributed by atoms with Gasteiger partial charge in [-0.25, -0.2) is 0 Å². The van der Waals surface area contributed by atoms with Crippen molar-refractivity contribution in [1.82, 2.24) is 9.78 Å². The van der Waals surface area contributed by atoms with Crippen LogP contribution in [-0.2, 0) is 6.54 Å². The lowest BCUT2D eigenvalue weighted by atomic mass is 10.2. The number of halogens is 1. The summed E-state index contributed by atoms with van der Waals surface area (Å²) < 4.78 is 1.97. The van der Waals surface area contributed by atoms with Gasteiger partial charge in [0.05, 0.1) is 6.20 Å². The van der Waals surface area contributed by atoms with Crippen LogP contribution in [0.5, 0.6) is 0 Å². The first-order chi connectivity index (χ1) is 5.85. The van der Waals surface area contributed by atoms with Gasteiger partial charge < -0.3 is 0 Å². The van der Waals surface area contributed by atoms with Gasteiger partial charge in [0.1, 0.15) is 0 Å². The van der Waals surface area contributed by atoms with Gasteiger partial charge in [-0.05, 0) is 30.7 Å². The fourth-order valence-corrected chi connectivity index (χ4v) is 1.91. The molecule has 2 rings (SSSR count). The van der Waals surface area contributed by atoms with Gasteiger partial charge in [-0.15, -0.1) is 11.6 Å². The molecule has 1 aromatic rings. The quantitative estimate of drug-likeness (QED) is 0.659. The van der Waals surface area contributed by atoms with Crippen LogP contribution in [0.4, 0.5) is 0 Å². The minimum absolute atomic E-state index is 0.697. The number of rotatable bonds is 3. The summed E-state index contributed by atoms with van der Waals surface area (Å²) in [4.78, 5) is 0. The Morgan fingerprint density at radius 1 is 1.75 bits per heavy atom. The number of aryl methyl sites for hydroxylation is 1. The molecule has 0 bridgehead atoms. The highest BCUT2D eigenvalue weighted by Crippen LogP contribution is 2.47. The highest BCUT2D eigenvalue weighted by molar-refractivity contribution is 6.18. The second kappa shape index (κ2) is 3.09. The molecule has 0 spiro atoms. The predicted octanol–water partition coefficient (Wildman–Crippen LogP) is 2.25. The summed E-state index contributed by atoms with van der Waals surface area (Å²) in [5.74, 6) is 2.20. The molecule has 2 atom stereocenters. The Morgan fingerprint density at radius 3 is 3.08 bits per heavy atom. The fourth-order valence-electron chi connectivity index (χ4n) is 1.57. The molecule has 0 amide bonds. The molecule has 2 unspecified atom stereocenters. The normalized spacial score (nSPS) is 27.5. The van der Waals surface area contributed by atoms with E-state index in [-0.39, 0.29) is 0 Å². The molecule has 0 aliphatic heterocycles. The number of aromatic nitrogens is 2. The van der Waals surface area contributed by atoms with E-state index < -0.39 is 0 Å². The van der Waals surface area contributed by atoms with Crippen molar-refractivity contribution in [3.05, 3.63) is 18.0 Å². The summed E-state index contributed by atoms with van der Waals surface area (Å²) in [5, 5.41) is 4.24. The largest absolute Gasteiger partial charge is 0.273 e. The Hall–Kier alpha value is -0.500. The fraction of sp³-hybridized carbons (Fsp3) is 0.667. The standard InChI is InChI=1S/C9H13ClN2/c1-2-12-6-8(5-11-12)9-3-7(9)4-10/h5-7,9H,2-4H2,1H3. The van der Waals surface area contributed by atoms with Gasteiger partial charge in [0.15, 0.2) is 0 Å². The molecule has 1 fully saturated rings. The van der Waals surface area contributed by atoms with Crippen molar-refractivity contribution in [1.29, 1.82) is 0 Å². The van der Waals surface area contributed by atoms with Crippen LogP contribution in [-0.4, -0.2) is 15.7 Å². The molecule has 1 saturated carbocycles. The van der Waals surface area contributed by atoms with Gasteiger partial charge in [-0.1, -0.05) is 0 Å². The van der Waals surface area contributed by atoms with Crippen molar-refractivity contribution >= 4 is 11.6 Å². The number of nitrogens with zero attached hydrogens (tertiary/aromatic N) is 2. The van der Waals surface area contributed by atoms with Gasteiger partial charge in [0.2, 0.25) is 0 Å². The Labute approximate surface area is 77.5 Å². The highest BCUT2D eigenvalue weighted by atomic mass is 35.5. The molecule has 66 valence electrons. The molecule has 0 N–H and O–H groups in total. The molecular formula is C9H13ClN2. The minimum Gasteiger partial charge on any atom is -0.273 e. The monoisotopic (exact) mass is 184 g/mol. The molecular weight excluding hydrogens is 172 g/mol. The summed E-state index contributed by atoms with van der Waals surface area (Å²) in [5.41, 5.74) is 1.36. The van der Waals surface area contributed by atoms with E-state index in [0.29, 0.717) is 11.8 Å². The summed E-state index contributed by atoms with van der Waals surface area (Å²) in [7, 11) is 0. The molecule has 0 aromatic carbocycles. The van der Waals surface area contributed by atoms with Gasteiger partial charge in [0, 0.05) is 18.6 Å². The van der Waals surface area contributed by atoms with Crippen LogP contribution in [0.2, 0.25) is 0 Å². The van der Waals surface area contributed by atoms with E-state index in [1.54, 1.807) is 0 Å². The highest BCUT2D eigenvalue weighted by Gasteiger charge is 2.38. The van der Waals surface area contributed by atoms with Crippen molar-refractivity contribution in [2.24, 2.45) is 5.92 Å². The second-order valence-electron chi connectivity index (χ2n) is 3.39. The molecule has 1 aliphatic carbocycles. The van der Waals surface area contributed by atoms with Crippen LogP contribution in [0.3, 0.4) is 0 Å². The van der Waals surface area contributed by atoms with Crippen molar-refractivity contribution in [3.8, 4) is 0 Å². The maximum absolute atomic E-state index is 5.76. The van der Waals surface area contributed by atoms with Gasteiger partial charge in [-0.2, -0.15) is 5.10 Å². The van der Waals surface area contributed by atoms with E-state index >= 15 is 0 Å². The van der Waals surface area contributed by atoms with Crippen molar-refractivity contribution in [3.63, 3.8) is 0 Å². The molecule has 0 saturated heterocycles. The average molecular weight is 185 g/mol. The topological polar surface area (TPSA) is 17.8 Å². The van der Waals surface area contributed by atoms with E-state index in [1.165, 1.54) is 12.0 Å². The number of hydrogen-bond acceptors (Lipinski definition) is 1. The predicted molar refractivity (Wildman–Crippen MR) is 49.5 cm³/mol. The third-order valence-corrected chi connectivity index (χ3v) is 2.92. The summed E-state index contributed by atoms with van der Waals surface area (Å²) >= 11 is 5.76. The van der Waals surface area contributed by atoms with Crippen LogP contribution in [0.15, 0.2) is 12.4 Å². The maximum Gasteiger partial charge on any atom is 0.0524 e. The van der Waals surface area contributed by atoms with Crippen molar-refractivity contribution < 1.29 is 0 Å². The lowest BCUT2D eigenvalue weighted by Gasteiger charge is -1.91. The van der Waals surface area contributed by atoms with Crippen LogP contribution in [0.25, 0.3) is 0 Å². The molecule has 1 aromatic heterocycles. The zero-order valence-corrected chi connectivity index (χ0v) is 7.96. The van der Waals surface area contributed by atoms with Crippen LogP contribution < -0.4 is 0 Å². The summed E-state index contributed by atoms with van der Waals surface area (Å²) in [6, 6.07) is 0. The number of hydrogen-bond donors (Lipinski definition) is 0. The van der Waals surface area contributed by atoms with Crippen molar-refractivity contribution in [2.75, 3.05) is 5.88 Å². The first kappa shape index (κ1) is 8.11. The SMILES string of the molecule is CCn1cc(C2CC2CCl)cn1. The van der Waals surface area contributed by atoms with E-state index in [1.807, 2.05) is 10.9 Å². The lowest BCUT2D eigenvalue weighted by molar-refractivity contribution is 0.659. The molecule has 0 radical (unpaired) electrons. The van der Waals surface area contributed by atoms with Crippen LogP contribution in [0.1, 0.15) is 24.8 Å². The first-order valence-corrected chi connectivity index (χ1v) is 4.97. The smallest absolute Gasteiger partial charge is 0.0524 e. The molecule has 2 nitrogen and oxygen atoms in total. The second-order valence-corrected chi connectivity index (χ2v) is 3.69. The minimum atomic E-state index is 0.697. The summed E-state index contributed by atoms with van der Waals surface area (Å²) in [6.45, 7) is 3.06. The van der Waals surface area contributed by atoms with E-state index in [0.717, 1.165) is 12.4 Å². The average Bonchev–Trinajstić information content (AvgIpc) is 2.75. The third-order valence-electron chi connectivity index (χ3n) is 2.53. The van der Waals surface area contributed by atoms with E-state index in [2.05, 4.69) is 18.2 Å². The molecule has 12 heavy (non-hydrogen) atoms. The van der Waals surface area contributed by atoms with Crippen LogP contribution in [0, 0.1) is 5.92 Å². The zero-order chi connectivity index (χ0) is 8.55.